The molecule has 1 amide bonds. The molecule has 0 aliphatic heterocycles. The van der Waals surface area contributed by atoms with Crippen LogP contribution in [0.25, 0.3) is 0 Å². The topological polar surface area (TPSA) is 57.6 Å². The smallest absolute Gasteiger partial charge is 0.308 e. The Morgan fingerprint density at radius 2 is 1.95 bits per heavy atom. The molecule has 1 aliphatic rings. The van der Waals surface area contributed by atoms with Crippen molar-refractivity contribution in [3.05, 3.63) is 35.4 Å². The van der Waals surface area contributed by atoms with E-state index in [-0.39, 0.29) is 12.5 Å². The summed E-state index contributed by atoms with van der Waals surface area (Å²) in [5, 5.41) is 9.06. The number of benzene rings is 1. The quantitative estimate of drug-likeness (QED) is 0.909. The summed E-state index contributed by atoms with van der Waals surface area (Å²) in [5.74, 6) is -1.36. The Labute approximate surface area is 132 Å². The van der Waals surface area contributed by atoms with Gasteiger partial charge in [0, 0.05) is 13.6 Å². The minimum Gasteiger partial charge on any atom is -0.481 e. The van der Waals surface area contributed by atoms with Crippen molar-refractivity contribution in [3.8, 4) is 0 Å². The number of carboxylic acids is 1. The molecule has 0 bridgehead atoms. The van der Waals surface area contributed by atoms with Gasteiger partial charge in [-0.1, -0.05) is 49.6 Å². The van der Waals surface area contributed by atoms with Crippen LogP contribution in [0, 0.1) is 12.8 Å². The fourth-order valence-electron chi connectivity index (χ4n) is 3.48. The van der Waals surface area contributed by atoms with Gasteiger partial charge in [0.25, 0.3) is 0 Å². The first kappa shape index (κ1) is 16.5. The Balaban J connectivity index is 2.27. The molecule has 2 rings (SSSR count). The van der Waals surface area contributed by atoms with Crippen LogP contribution < -0.4 is 0 Å². The maximum atomic E-state index is 13.1. The lowest BCUT2D eigenvalue weighted by Gasteiger charge is -2.33. The van der Waals surface area contributed by atoms with E-state index in [1.165, 1.54) is 0 Å². The van der Waals surface area contributed by atoms with Gasteiger partial charge in [-0.3, -0.25) is 9.59 Å². The molecule has 1 aliphatic carbocycles. The predicted molar refractivity (Wildman–Crippen MR) is 85.8 cm³/mol. The standard InChI is InChI=1S/C18H25NO3/c1-13-7-6-8-15(11-13)18(9-4-5-10-18)17(22)19(3)12-14(2)16(20)21/h6-8,11,14H,4-5,9-10,12H2,1-3H3,(H,20,21). The fraction of sp³-hybridized carbons (Fsp3) is 0.556. The van der Waals surface area contributed by atoms with Crippen LogP contribution in [0.1, 0.15) is 43.7 Å². The molecular formula is C18H25NO3. The summed E-state index contributed by atoms with van der Waals surface area (Å²) in [7, 11) is 1.72. The number of hydrogen-bond acceptors (Lipinski definition) is 2. The van der Waals surface area contributed by atoms with Crippen molar-refractivity contribution in [1.29, 1.82) is 0 Å². The third-order valence-electron chi connectivity index (χ3n) is 4.75. The van der Waals surface area contributed by atoms with Crippen LogP contribution in [-0.4, -0.2) is 35.5 Å². The van der Waals surface area contributed by atoms with Gasteiger partial charge in [0.15, 0.2) is 0 Å². The molecule has 0 spiro atoms. The van der Waals surface area contributed by atoms with Gasteiger partial charge in [0.05, 0.1) is 11.3 Å². The van der Waals surface area contributed by atoms with Gasteiger partial charge in [0.1, 0.15) is 0 Å². The van der Waals surface area contributed by atoms with E-state index in [1.807, 2.05) is 25.1 Å². The summed E-state index contributed by atoms with van der Waals surface area (Å²) in [6.07, 6.45) is 3.78. The van der Waals surface area contributed by atoms with Gasteiger partial charge >= 0.3 is 5.97 Å². The molecule has 1 saturated carbocycles. The Kier molecular flexibility index (Phi) is 4.89. The summed E-state index contributed by atoms with van der Waals surface area (Å²) in [6.45, 7) is 3.93. The lowest BCUT2D eigenvalue weighted by Crippen LogP contribution is -2.45. The highest BCUT2D eigenvalue weighted by atomic mass is 16.4. The van der Waals surface area contributed by atoms with Crippen LogP contribution >= 0.6 is 0 Å². The van der Waals surface area contributed by atoms with Gasteiger partial charge < -0.3 is 10.0 Å². The molecule has 0 heterocycles. The molecule has 1 N–H and O–H groups in total. The third-order valence-corrected chi connectivity index (χ3v) is 4.75. The lowest BCUT2D eigenvalue weighted by molar-refractivity contribution is -0.143. The van der Waals surface area contributed by atoms with Crippen molar-refractivity contribution in [1.82, 2.24) is 4.90 Å². The summed E-state index contributed by atoms with van der Waals surface area (Å²) in [4.78, 5) is 25.7. The Morgan fingerprint density at radius 1 is 1.32 bits per heavy atom. The van der Waals surface area contributed by atoms with E-state index in [0.29, 0.717) is 0 Å². The number of nitrogens with zero attached hydrogens (tertiary/aromatic N) is 1. The molecule has 1 atom stereocenters. The molecule has 0 saturated heterocycles. The molecule has 0 aromatic heterocycles. The number of aryl methyl sites for hydroxylation is 1. The fourth-order valence-corrected chi connectivity index (χ4v) is 3.48. The van der Waals surface area contributed by atoms with Crippen LogP contribution in [0.3, 0.4) is 0 Å². The maximum Gasteiger partial charge on any atom is 0.308 e. The lowest BCUT2D eigenvalue weighted by atomic mass is 9.77. The third kappa shape index (κ3) is 3.16. The molecular weight excluding hydrogens is 278 g/mol. The van der Waals surface area contributed by atoms with Crippen LogP contribution in [0.5, 0.6) is 0 Å². The van der Waals surface area contributed by atoms with Gasteiger partial charge in [-0.05, 0) is 25.3 Å². The zero-order chi connectivity index (χ0) is 16.3. The van der Waals surface area contributed by atoms with E-state index in [0.717, 1.165) is 36.8 Å². The van der Waals surface area contributed by atoms with E-state index in [4.69, 9.17) is 5.11 Å². The molecule has 1 aromatic carbocycles. The largest absolute Gasteiger partial charge is 0.481 e. The Morgan fingerprint density at radius 3 is 2.50 bits per heavy atom. The average molecular weight is 303 g/mol. The second-order valence-corrected chi connectivity index (χ2v) is 6.58. The first-order valence-corrected chi connectivity index (χ1v) is 7.92. The van der Waals surface area contributed by atoms with Crippen molar-refractivity contribution in [2.75, 3.05) is 13.6 Å². The number of carbonyl (C=O) groups excluding carboxylic acids is 1. The van der Waals surface area contributed by atoms with Gasteiger partial charge in [-0.15, -0.1) is 0 Å². The van der Waals surface area contributed by atoms with Crippen molar-refractivity contribution >= 4 is 11.9 Å². The van der Waals surface area contributed by atoms with E-state index in [9.17, 15) is 9.59 Å². The average Bonchev–Trinajstić information content (AvgIpc) is 2.97. The van der Waals surface area contributed by atoms with Crippen LogP contribution in [-0.2, 0) is 15.0 Å². The second kappa shape index (κ2) is 6.51. The zero-order valence-electron chi connectivity index (χ0n) is 13.6. The zero-order valence-corrected chi connectivity index (χ0v) is 13.6. The summed E-state index contributed by atoms with van der Waals surface area (Å²) in [5.41, 5.74) is 1.75. The van der Waals surface area contributed by atoms with E-state index >= 15 is 0 Å². The monoisotopic (exact) mass is 303 g/mol. The number of aliphatic carboxylic acids is 1. The first-order valence-electron chi connectivity index (χ1n) is 7.92. The molecule has 22 heavy (non-hydrogen) atoms. The number of amides is 1. The molecule has 4 nitrogen and oxygen atoms in total. The molecule has 1 aromatic rings. The first-order chi connectivity index (χ1) is 10.4. The second-order valence-electron chi connectivity index (χ2n) is 6.58. The molecule has 4 heteroatoms. The summed E-state index contributed by atoms with van der Waals surface area (Å²) < 4.78 is 0. The van der Waals surface area contributed by atoms with Crippen molar-refractivity contribution in [2.45, 2.75) is 44.9 Å². The maximum absolute atomic E-state index is 13.1. The highest BCUT2D eigenvalue weighted by Gasteiger charge is 2.44. The van der Waals surface area contributed by atoms with Crippen LogP contribution in [0.2, 0.25) is 0 Å². The number of carboxylic acid groups (broad SMARTS) is 1. The van der Waals surface area contributed by atoms with Gasteiger partial charge in [-0.2, -0.15) is 0 Å². The number of likely N-dealkylation sites (N-methyl/N-ethyl adjacent to an activating group) is 1. The minimum atomic E-state index is -0.865. The predicted octanol–water partition coefficient (Wildman–Crippen LogP) is 2.99. The Hall–Kier alpha value is -1.84. The highest BCUT2D eigenvalue weighted by molar-refractivity contribution is 5.89. The van der Waals surface area contributed by atoms with Gasteiger partial charge in [0.2, 0.25) is 5.91 Å². The molecule has 1 fully saturated rings. The SMILES string of the molecule is Cc1cccc(C2(C(=O)N(C)CC(C)C(=O)O)CCCC2)c1. The number of hydrogen-bond donors (Lipinski definition) is 1. The van der Waals surface area contributed by atoms with Crippen LogP contribution in [0.4, 0.5) is 0 Å². The van der Waals surface area contributed by atoms with Crippen molar-refractivity contribution in [2.24, 2.45) is 5.92 Å². The number of carbonyl (C=O) groups is 2. The minimum absolute atomic E-state index is 0.0590. The van der Waals surface area contributed by atoms with Gasteiger partial charge in [-0.25, -0.2) is 0 Å². The van der Waals surface area contributed by atoms with E-state index in [2.05, 4.69) is 6.07 Å². The van der Waals surface area contributed by atoms with Crippen LogP contribution in [0.15, 0.2) is 24.3 Å². The molecule has 0 radical (unpaired) electrons. The Bertz CT molecular complexity index is 561. The normalized spacial score (nSPS) is 18.0. The summed E-state index contributed by atoms with van der Waals surface area (Å²) in [6, 6.07) is 8.16. The van der Waals surface area contributed by atoms with E-state index < -0.39 is 17.3 Å². The van der Waals surface area contributed by atoms with Crippen molar-refractivity contribution < 1.29 is 14.7 Å². The molecule has 1 unspecified atom stereocenters. The number of rotatable bonds is 5. The van der Waals surface area contributed by atoms with Crippen molar-refractivity contribution in [3.63, 3.8) is 0 Å². The summed E-state index contributed by atoms with van der Waals surface area (Å²) >= 11 is 0. The highest BCUT2D eigenvalue weighted by Crippen LogP contribution is 2.42. The molecule has 120 valence electrons. The van der Waals surface area contributed by atoms with E-state index in [1.54, 1.807) is 18.9 Å².